The number of hydrogen-bond donors (Lipinski definition) is 1. The van der Waals surface area contributed by atoms with Crippen molar-refractivity contribution in [3.63, 3.8) is 0 Å². The van der Waals surface area contributed by atoms with Crippen molar-refractivity contribution in [1.29, 1.82) is 0 Å². The summed E-state index contributed by atoms with van der Waals surface area (Å²) in [6.07, 6.45) is 2.57. The topological polar surface area (TPSA) is 52.2 Å². The Labute approximate surface area is 135 Å². The lowest BCUT2D eigenvalue weighted by Crippen LogP contribution is -2.35. The maximum absolute atomic E-state index is 13.3. The van der Waals surface area contributed by atoms with Crippen molar-refractivity contribution in [2.75, 3.05) is 26.2 Å². The summed E-state index contributed by atoms with van der Waals surface area (Å²) >= 11 is 0. The number of hydrogen-bond acceptors (Lipinski definition) is 3. The number of aromatic amines is 1. The zero-order chi connectivity index (χ0) is 16.2. The Kier molecular flexibility index (Phi) is 4.71. The SMILES string of the molecule is Cc1cnc(C(=O)N2CCCN(Cc3cccc(F)c3)CC2)[nH]1. The molecule has 1 amide bonds. The monoisotopic (exact) mass is 316 g/mol. The first-order valence-corrected chi connectivity index (χ1v) is 7.89. The second-order valence-electron chi connectivity index (χ2n) is 5.97. The smallest absolute Gasteiger partial charge is 0.289 e. The van der Waals surface area contributed by atoms with Crippen LogP contribution in [-0.4, -0.2) is 51.9 Å². The number of benzene rings is 1. The van der Waals surface area contributed by atoms with Gasteiger partial charge in [-0.05, 0) is 31.0 Å². The van der Waals surface area contributed by atoms with Gasteiger partial charge in [-0.25, -0.2) is 9.37 Å². The number of H-pyrrole nitrogens is 1. The Morgan fingerprint density at radius 3 is 2.91 bits per heavy atom. The molecule has 3 rings (SSSR count). The number of carbonyl (C=O) groups is 1. The van der Waals surface area contributed by atoms with Gasteiger partial charge >= 0.3 is 0 Å². The van der Waals surface area contributed by atoms with E-state index in [0.717, 1.165) is 37.3 Å². The molecular formula is C17H21FN4O. The van der Waals surface area contributed by atoms with E-state index >= 15 is 0 Å². The minimum Gasteiger partial charge on any atom is -0.338 e. The fourth-order valence-electron chi connectivity index (χ4n) is 2.90. The number of carbonyl (C=O) groups excluding carboxylic acids is 1. The fourth-order valence-corrected chi connectivity index (χ4v) is 2.90. The van der Waals surface area contributed by atoms with Crippen LogP contribution in [0, 0.1) is 12.7 Å². The average Bonchev–Trinajstić information content (AvgIpc) is 2.82. The van der Waals surface area contributed by atoms with Crippen molar-refractivity contribution in [2.24, 2.45) is 0 Å². The Hall–Kier alpha value is -2.21. The van der Waals surface area contributed by atoms with E-state index in [-0.39, 0.29) is 11.7 Å². The molecule has 2 heterocycles. The summed E-state index contributed by atoms with van der Waals surface area (Å²) in [4.78, 5) is 23.6. The van der Waals surface area contributed by atoms with Crippen LogP contribution in [0.3, 0.4) is 0 Å². The molecule has 0 atom stereocenters. The lowest BCUT2D eigenvalue weighted by molar-refractivity contribution is 0.0750. The van der Waals surface area contributed by atoms with Gasteiger partial charge in [0.2, 0.25) is 0 Å². The molecule has 0 spiro atoms. The van der Waals surface area contributed by atoms with Crippen LogP contribution in [0.5, 0.6) is 0 Å². The lowest BCUT2D eigenvalue weighted by Gasteiger charge is -2.21. The zero-order valence-corrected chi connectivity index (χ0v) is 13.3. The van der Waals surface area contributed by atoms with Crippen molar-refractivity contribution in [3.8, 4) is 0 Å². The van der Waals surface area contributed by atoms with Crippen molar-refractivity contribution in [3.05, 3.63) is 53.4 Å². The molecule has 0 saturated carbocycles. The highest BCUT2D eigenvalue weighted by Crippen LogP contribution is 2.12. The highest BCUT2D eigenvalue weighted by atomic mass is 19.1. The molecule has 5 nitrogen and oxygen atoms in total. The first-order valence-electron chi connectivity index (χ1n) is 7.89. The van der Waals surface area contributed by atoms with Crippen LogP contribution in [0.25, 0.3) is 0 Å². The second kappa shape index (κ2) is 6.91. The number of nitrogens with zero attached hydrogens (tertiary/aromatic N) is 3. The van der Waals surface area contributed by atoms with Gasteiger partial charge in [0.25, 0.3) is 5.91 Å². The summed E-state index contributed by atoms with van der Waals surface area (Å²) in [6.45, 7) is 5.65. The van der Waals surface area contributed by atoms with Crippen LogP contribution in [-0.2, 0) is 6.54 Å². The molecule has 2 aromatic rings. The number of rotatable bonds is 3. The zero-order valence-electron chi connectivity index (χ0n) is 13.3. The highest BCUT2D eigenvalue weighted by molar-refractivity contribution is 5.90. The van der Waals surface area contributed by atoms with E-state index < -0.39 is 0 Å². The third kappa shape index (κ3) is 3.96. The normalized spacial score (nSPS) is 16.3. The molecule has 1 aromatic heterocycles. The van der Waals surface area contributed by atoms with Crippen molar-refractivity contribution < 1.29 is 9.18 Å². The van der Waals surface area contributed by atoms with Crippen molar-refractivity contribution >= 4 is 5.91 Å². The summed E-state index contributed by atoms with van der Waals surface area (Å²) in [7, 11) is 0. The summed E-state index contributed by atoms with van der Waals surface area (Å²) < 4.78 is 13.3. The molecule has 23 heavy (non-hydrogen) atoms. The van der Waals surface area contributed by atoms with Gasteiger partial charge in [-0.3, -0.25) is 9.69 Å². The van der Waals surface area contributed by atoms with Crippen LogP contribution in [0.2, 0.25) is 0 Å². The van der Waals surface area contributed by atoms with E-state index in [1.54, 1.807) is 18.3 Å². The van der Waals surface area contributed by atoms with Gasteiger partial charge in [-0.15, -0.1) is 0 Å². The predicted molar refractivity (Wildman–Crippen MR) is 85.5 cm³/mol. The Bertz CT molecular complexity index is 685. The number of amides is 1. The van der Waals surface area contributed by atoms with Crippen LogP contribution in [0.4, 0.5) is 4.39 Å². The summed E-state index contributed by atoms with van der Waals surface area (Å²) in [5.74, 6) is 0.147. The molecule has 0 aliphatic carbocycles. The Balaban J connectivity index is 1.60. The average molecular weight is 316 g/mol. The van der Waals surface area contributed by atoms with Gasteiger partial charge < -0.3 is 9.88 Å². The largest absolute Gasteiger partial charge is 0.338 e. The third-order valence-corrected chi connectivity index (χ3v) is 4.08. The molecular weight excluding hydrogens is 295 g/mol. The first kappa shape index (κ1) is 15.7. The van der Waals surface area contributed by atoms with Gasteiger partial charge in [0.15, 0.2) is 5.82 Å². The number of imidazole rings is 1. The molecule has 1 saturated heterocycles. The molecule has 1 fully saturated rings. The molecule has 0 unspecified atom stereocenters. The molecule has 6 heteroatoms. The fraction of sp³-hybridized carbons (Fsp3) is 0.412. The van der Waals surface area contributed by atoms with E-state index in [2.05, 4.69) is 14.9 Å². The molecule has 0 bridgehead atoms. The van der Waals surface area contributed by atoms with E-state index in [1.165, 1.54) is 6.07 Å². The maximum Gasteiger partial charge on any atom is 0.289 e. The van der Waals surface area contributed by atoms with Crippen LogP contribution < -0.4 is 0 Å². The second-order valence-corrected chi connectivity index (χ2v) is 5.97. The standard InChI is InChI=1S/C17H21FN4O/c1-13-11-19-16(20-13)17(23)22-7-3-6-21(8-9-22)12-14-4-2-5-15(18)10-14/h2,4-5,10-11H,3,6-9,12H2,1H3,(H,19,20). The van der Waals surface area contributed by atoms with E-state index in [4.69, 9.17) is 0 Å². The van der Waals surface area contributed by atoms with E-state index in [1.807, 2.05) is 17.9 Å². The number of aromatic nitrogens is 2. The number of nitrogens with one attached hydrogen (secondary N) is 1. The summed E-state index contributed by atoms with van der Waals surface area (Å²) in [6, 6.07) is 6.69. The first-order chi connectivity index (χ1) is 11.1. The van der Waals surface area contributed by atoms with E-state index in [9.17, 15) is 9.18 Å². The van der Waals surface area contributed by atoms with E-state index in [0.29, 0.717) is 18.9 Å². The van der Waals surface area contributed by atoms with Crippen LogP contribution in [0.1, 0.15) is 28.3 Å². The minimum atomic E-state index is -0.206. The van der Waals surface area contributed by atoms with Gasteiger partial charge in [-0.1, -0.05) is 12.1 Å². The number of aryl methyl sites for hydroxylation is 1. The molecule has 0 radical (unpaired) electrons. The maximum atomic E-state index is 13.3. The highest BCUT2D eigenvalue weighted by Gasteiger charge is 2.22. The number of halogens is 1. The summed E-state index contributed by atoms with van der Waals surface area (Å²) in [5.41, 5.74) is 1.85. The van der Waals surface area contributed by atoms with Gasteiger partial charge in [0.05, 0.1) is 0 Å². The Morgan fingerprint density at radius 1 is 1.30 bits per heavy atom. The van der Waals surface area contributed by atoms with Gasteiger partial charge in [0, 0.05) is 44.6 Å². The lowest BCUT2D eigenvalue weighted by atomic mass is 10.2. The van der Waals surface area contributed by atoms with Gasteiger partial charge in [0.1, 0.15) is 5.82 Å². The third-order valence-electron chi connectivity index (χ3n) is 4.08. The molecule has 1 aliphatic heterocycles. The van der Waals surface area contributed by atoms with Crippen LogP contribution >= 0.6 is 0 Å². The van der Waals surface area contributed by atoms with Gasteiger partial charge in [-0.2, -0.15) is 0 Å². The molecule has 1 N–H and O–H groups in total. The van der Waals surface area contributed by atoms with Crippen molar-refractivity contribution in [2.45, 2.75) is 19.9 Å². The molecule has 1 aliphatic rings. The molecule has 1 aromatic carbocycles. The van der Waals surface area contributed by atoms with Crippen molar-refractivity contribution in [1.82, 2.24) is 19.8 Å². The molecule has 122 valence electrons. The quantitative estimate of drug-likeness (QED) is 0.944. The summed E-state index contributed by atoms with van der Waals surface area (Å²) in [5, 5.41) is 0. The predicted octanol–water partition coefficient (Wildman–Crippen LogP) is 2.21. The minimum absolute atomic E-state index is 0.0503. The van der Waals surface area contributed by atoms with Crippen LogP contribution in [0.15, 0.2) is 30.5 Å². The Morgan fingerprint density at radius 2 is 2.17 bits per heavy atom.